The van der Waals surface area contributed by atoms with Crippen LogP contribution in [0.15, 0.2) is 24.3 Å². The van der Waals surface area contributed by atoms with Crippen LogP contribution in [0.25, 0.3) is 0 Å². The Morgan fingerprint density at radius 1 is 1.35 bits per heavy atom. The van der Waals surface area contributed by atoms with Crippen LogP contribution in [-0.2, 0) is 5.72 Å². The molecule has 1 aliphatic heterocycles. The van der Waals surface area contributed by atoms with Crippen molar-refractivity contribution < 1.29 is 9.90 Å². The molecule has 0 spiro atoms. The smallest absolute Gasteiger partial charge is 0.271 e. The molecule has 0 saturated heterocycles. The van der Waals surface area contributed by atoms with E-state index in [4.69, 9.17) is 0 Å². The fourth-order valence-electron chi connectivity index (χ4n) is 2.74. The van der Waals surface area contributed by atoms with E-state index in [1.807, 2.05) is 18.2 Å². The normalized spacial score (nSPS) is 27.8. The Kier molecular flexibility index (Phi) is 2.09. The number of hydrazine groups is 1. The second kappa shape index (κ2) is 3.31. The number of hydrogen-bond donors (Lipinski definition) is 1. The Labute approximate surface area is 100 Å². The SMILES string of the molecule is CN(C)N1C(=O)c2ccccc2C1(O)C1CC1. The number of benzene rings is 1. The van der Waals surface area contributed by atoms with Crippen LogP contribution < -0.4 is 0 Å². The van der Waals surface area contributed by atoms with Gasteiger partial charge in [0.05, 0.1) is 0 Å². The molecule has 0 aromatic heterocycles. The molecule has 1 N–H and O–H groups in total. The van der Waals surface area contributed by atoms with Crippen LogP contribution in [0.5, 0.6) is 0 Å². The van der Waals surface area contributed by atoms with Crippen LogP contribution in [0.3, 0.4) is 0 Å². The molecular weight excluding hydrogens is 216 g/mol. The van der Waals surface area contributed by atoms with E-state index in [2.05, 4.69) is 0 Å². The van der Waals surface area contributed by atoms with E-state index in [1.54, 1.807) is 25.2 Å². The second-order valence-electron chi connectivity index (χ2n) is 5.01. The van der Waals surface area contributed by atoms with Gasteiger partial charge in [-0.15, -0.1) is 0 Å². The summed E-state index contributed by atoms with van der Waals surface area (Å²) in [4.78, 5) is 12.3. The highest BCUT2D eigenvalue weighted by Gasteiger charge is 2.57. The molecular formula is C13H16N2O2. The van der Waals surface area contributed by atoms with Crippen molar-refractivity contribution in [2.75, 3.05) is 14.1 Å². The first kappa shape index (κ1) is 10.7. The molecule has 1 atom stereocenters. The molecule has 1 aliphatic carbocycles. The lowest BCUT2D eigenvalue weighted by molar-refractivity contribution is -0.177. The standard InChI is InChI=1S/C13H16N2O2/c1-14(2)15-12(16)10-5-3-4-6-11(10)13(15,17)9-7-8-9/h3-6,9,17H,7-8H2,1-2H3. The largest absolute Gasteiger partial charge is 0.365 e. The number of fused-ring (bicyclic) bond motifs is 1. The van der Waals surface area contributed by atoms with Crippen molar-refractivity contribution in [2.24, 2.45) is 5.92 Å². The van der Waals surface area contributed by atoms with Gasteiger partial charge in [-0.1, -0.05) is 18.2 Å². The van der Waals surface area contributed by atoms with Crippen molar-refractivity contribution in [2.45, 2.75) is 18.6 Å². The van der Waals surface area contributed by atoms with Crippen molar-refractivity contribution in [3.63, 3.8) is 0 Å². The summed E-state index contributed by atoms with van der Waals surface area (Å²) in [6.07, 6.45) is 1.95. The first-order chi connectivity index (χ1) is 8.06. The number of rotatable bonds is 2. The maximum atomic E-state index is 12.3. The molecule has 1 fully saturated rings. The number of hydrogen-bond acceptors (Lipinski definition) is 3. The number of amides is 1. The van der Waals surface area contributed by atoms with Crippen LogP contribution >= 0.6 is 0 Å². The molecule has 0 radical (unpaired) electrons. The van der Waals surface area contributed by atoms with Gasteiger partial charge in [-0.3, -0.25) is 4.79 Å². The van der Waals surface area contributed by atoms with Gasteiger partial charge in [0.2, 0.25) is 0 Å². The Balaban J connectivity index is 2.19. The topological polar surface area (TPSA) is 43.8 Å². The molecule has 3 rings (SSSR count). The van der Waals surface area contributed by atoms with Crippen molar-refractivity contribution in [3.05, 3.63) is 35.4 Å². The lowest BCUT2D eigenvalue weighted by Gasteiger charge is -2.38. The van der Waals surface area contributed by atoms with Gasteiger partial charge >= 0.3 is 0 Å². The average Bonchev–Trinajstić information content (AvgIpc) is 3.09. The highest BCUT2D eigenvalue weighted by molar-refractivity contribution is 5.99. The third-order valence-electron chi connectivity index (χ3n) is 3.62. The predicted octanol–water partition coefficient (Wildman–Crippen LogP) is 1.17. The highest BCUT2D eigenvalue weighted by atomic mass is 16.3. The van der Waals surface area contributed by atoms with Crippen molar-refractivity contribution in [3.8, 4) is 0 Å². The predicted molar refractivity (Wildman–Crippen MR) is 62.9 cm³/mol. The van der Waals surface area contributed by atoms with Crippen LogP contribution in [0.2, 0.25) is 0 Å². The van der Waals surface area contributed by atoms with Gasteiger partial charge in [0.1, 0.15) is 0 Å². The quantitative estimate of drug-likeness (QED) is 0.832. The highest BCUT2D eigenvalue weighted by Crippen LogP contribution is 2.52. The zero-order valence-corrected chi connectivity index (χ0v) is 10.1. The van der Waals surface area contributed by atoms with Crippen molar-refractivity contribution in [1.82, 2.24) is 10.0 Å². The van der Waals surface area contributed by atoms with E-state index < -0.39 is 5.72 Å². The van der Waals surface area contributed by atoms with Gasteiger partial charge in [-0.25, -0.2) is 10.0 Å². The Hall–Kier alpha value is -1.39. The summed E-state index contributed by atoms with van der Waals surface area (Å²) in [6, 6.07) is 7.35. The van der Waals surface area contributed by atoms with Gasteiger partial charge in [0.15, 0.2) is 5.72 Å². The van der Waals surface area contributed by atoms with Crippen LogP contribution in [0, 0.1) is 5.92 Å². The maximum Gasteiger partial charge on any atom is 0.271 e. The number of aliphatic hydroxyl groups is 1. The molecule has 2 aliphatic rings. The van der Waals surface area contributed by atoms with Gasteiger partial charge in [0, 0.05) is 31.1 Å². The van der Waals surface area contributed by atoms with E-state index in [1.165, 1.54) is 5.01 Å². The first-order valence-corrected chi connectivity index (χ1v) is 5.90. The van der Waals surface area contributed by atoms with E-state index in [9.17, 15) is 9.90 Å². The zero-order valence-electron chi connectivity index (χ0n) is 10.1. The summed E-state index contributed by atoms with van der Waals surface area (Å²) in [5.74, 6) is 0.0532. The molecule has 1 unspecified atom stereocenters. The summed E-state index contributed by atoms with van der Waals surface area (Å²) >= 11 is 0. The minimum absolute atomic E-state index is 0.111. The maximum absolute atomic E-state index is 12.3. The molecule has 0 bridgehead atoms. The minimum atomic E-state index is -1.14. The Bertz CT molecular complexity index is 482. The molecule has 1 aromatic carbocycles. The molecule has 1 aromatic rings. The molecule has 1 saturated carbocycles. The van der Waals surface area contributed by atoms with Gasteiger partial charge in [-0.05, 0) is 18.9 Å². The van der Waals surface area contributed by atoms with Gasteiger partial charge in [0.25, 0.3) is 5.91 Å². The summed E-state index contributed by atoms with van der Waals surface area (Å²) in [6.45, 7) is 0. The third-order valence-corrected chi connectivity index (χ3v) is 3.62. The molecule has 1 amide bonds. The minimum Gasteiger partial charge on any atom is -0.365 e. The van der Waals surface area contributed by atoms with E-state index in [0.29, 0.717) is 5.56 Å². The van der Waals surface area contributed by atoms with Gasteiger partial charge in [-0.2, -0.15) is 0 Å². The monoisotopic (exact) mass is 232 g/mol. The molecule has 4 heteroatoms. The summed E-state index contributed by atoms with van der Waals surface area (Å²) in [5.41, 5.74) is 0.230. The first-order valence-electron chi connectivity index (χ1n) is 5.90. The summed E-state index contributed by atoms with van der Waals surface area (Å²) < 4.78 is 0. The summed E-state index contributed by atoms with van der Waals surface area (Å²) in [5, 5.41) is 14.1. The molecule has 1 heterocycles. The van der Waals surface area contributed by atoms with Gasteiger partial charge < -0.3 is 5.11 Å². The number of carbonyl (C=O) groups is 1. The van der Waals surface area contributed by atoms with Crippen LogP contribution in [-0.4, -0.2) is 35.1 Å². The van der Waals surface area contributed by atoms with Crippen LogP contribution in [0.1, 0.15) is 28.8 Å². The van der Waals surface area contributed by atoms with E-state index in [0.717, 1.165) is 18.4 Å². The van der Waals surface area contributed by atoms with E-state index >= 15 is 0 Å². The second-order valence-corrected chi connectivity index (χ2v) is 5.01. The van der Waals surface area contributed by atoms with Crippen LogP contribution in [0.4, 0.5) is 0 Å². The fraction of sp³-hybridized carbons (Fsp3) is 0.462. The fourth-order valence-corrected chi connectivity index (χ4v) is 2.74. The third kappa shape index (κ3) is 1.28. The Morgan fingerprint density at radius 2 is 2.00 bits per heavy atom. The summed E-state index contributed by atoms with van der Waals surface area (Å²) in [7, 11) is 3.58. The Morgan fingerprint density at radius 3 is 2.59 bits per heavy atom. The molecule has 90 valence electrons. The lowest BCUT2D eigenvalue weighted by Crippen LogP contribution is -2.52. The molecule has 17 heavy (non-hydrogen) atoms. The van der Waals surface area contributed by atoms with E-state index in [-0.39, 0.29) is 11.8 Å². The zero-order chi connectivity index (χ0) is 12.2. The average molecular weight is 232 g/mol. The molecule has 4 nitrogen and oxygen atoms in total. The van der Waals surface area contributed by atoms with Crippen molar-refractivity contribution in [1.29, 1.82) is 0 Å². The lowest BCUT2D eigenvalue weighted by atomic mass is 9.97. The van der Waals surface area contributed by atoms with Crippen molar-refractivity contribution >= 4 is 5.91 Å². The number of carbonyl (C=O) groups excluding carboxylic acids is 1. The number of nitrogens with zero attached hydrogens (tertiary/aromatic N) is 2.